The number of alkyl carbamates (subject to hydrolysis) is 1. The summed E-state index contributed by atoms with van der Waals surface area (Å²) in [6.07, 6.45) is 6.79. The van der Waals surface area contributed by atoms with Crippen molar-refractivity contribution < 1.29 is 19.1 Å². The highest BCUT2D eigenvalue weighted by Crippen LogP contribution is 2.25. The van der Waals surface area contributed by atoms with Gasteiger partial charge in [0.15, 0.2) is 0 Å². The average molecular weight is 580 g/mol. The maximum absolute atomic E-state index is 14.5. The quantitative estimate of drug-likeness (QED) is 0.207. The number of rotatable bonds is 16. The molecular formula is C35H53N3O4. The summed E-state index contributed by atoms with van der Waals surface area (Å²) in [6, 6.07) is 15.7. The van der Waals surface area contributed by atoms with Crippen molar-refractivity contribution in [2.24, 2.45) is 0 Å². The van der Waals surface area contributed by atoms with Gasteiger partial charge in [-0.05, 0) is 64.2 Å². The van der Waals surface area contributed by atoms with E-state index in [0.29, 0.717) is 6.54 Å². The van der Waals surface area contributed by atoms with Crippen LogP contribution in [0.25, 0.3) is 0 Å². The molecule has 2 rings (SSSR count). The van der Waals surface area contributed by atoms with Gasteiger partial charge >= 0.3 is 6.09 Å². The zero-order valence-electron chi connectivity index (χ0n) is 26.9. The predicted octanol–water partition coefficient (Wildman–Crippen LogP) is 7.14. The second kappa shape index (κ2) is 17.6. The van der Waals surface area contributed by atoms with Crippen LogP contribution in [-0.4, -0.2) is 47.0 Å². The monoisotopic (exact) mass is 579 g/mol. The van der Waals surface area contributed by atoms with E-state index in [1.165, 1.54) is 6.42 Å². The van der Waals surface area contributed by atoms with Crippen LogP contribution < -0.4 is 10.6 Å². The number of hydrogen-bond donors (Lipinski definition) is 2. The Balaban J connectivity index is 2.51. The Morgan fingerprint density at radius 2 is 1.43 bits per heavy atom. The minimum absolute atomic E-state index is 0.0964. The second-order valence-electron chi connectivity index (χ2n) is 12.3. The number of ether oxygens (including phenoxy) is 1. The first-order valence-corrected chi connectivity index (χ1v) is 15.7. The van der Waals surface area contributed by atoms with E-state index in [4.69, 9.17) is 4.74 Å². The molecule has 2 N–H and O–H groups in total. The predicted molar refractivity (Wildman–Crippen MR) is 170 cm³/mol. The normalized spacial score (nSPS) is 12.9. The number of carbonyl (C=O) groups excluding carboxylic acids is 3. The van der Waals surface area contributed by atoms with Crippen LogP contribution in [0, 0.1) is 0 Å². The van der Waals surface area contributed by atoms with Gasteiger partial charge < -0.3 is 20.3 Å². The lowest BCUT2D eigenvalue weighted by atomic mass is 9.98. The third kappa shape index (κ3) is 12.3. The van der Waals surface area contributed by atoms with Crippen molar-refractivity contribution in [1.29, 1.82) is 0 Å². The molecule has 2 aromatic carbocycles. The van der Waals surface area contributed by atoms with E-state index >= 15 is 0 Å². The van der Waals surface area contributed by atoms with Gasteiger partial charge in [-0.1, -0.05) is 101 Å². The molecule has 0 heterocycles. The molecule has 0 aromatic heterocycles. The Bertz CT molecular complexity index is 1090. The molecule has 7 nitrogen and oxygen atoms in total. The highest BCUT2D eigenvalue weighted by molar-refractivity contribution is 5.92. The van der Waals surface area contributed by atoms with Crippen molar-refractivity contribution in [3.05, 3.63) is 71.3 Å². The Kier molecular flexibility index (Phi) is 14.6. The third-order valence-corrected chi connectivity index (χ3v) is 7.00. The van der Waals surface area contributed by atoms with Crippen molar-refractivity contribution in [3.63, 3.8) is 0 Å². The number of nitrogens with one attached hydrogen (secondary N) is 2. The summed E-state index contributed by atoms with van der Waals surface area (Å²) in [5.74, 6) is -0.536. The van der Waals surface area contributed by atoms with Gasteiger partial charge in [-0.15, -0.1) is 0 Å². The molecule has 0 bridgehead atoms. The fraction of sp³-hybridized carbons (Fsp3) is 0.571. The largest absolute Gasteiger partial charge is 0.444 e. The van der Waals surface area contributed by atoms with Crippen molar-refractivity contribution in [2.75, 3.05) is 6.54 Å². The van der Waals surface area contributed by atoms with Crippen molar-refractivity contribution >= 4 is 17.9 Å². The van der Waals surface area contributed by atoms with Crippen LogP contribution in [0.1, 0.15) is 110 Å². The summed E-state index contributed by atoms with van der Waals surface area (Å²) in [5.41, 5.74) is 2.09. The highest BCUT2D eigenvalue weighted by atomic mass is 16.6. The summed E-state index contributed by atoms with van der Waals surface area (Å²) in [6.45, 7) is 13.9. The van der Waals surface area contributed by atoms with E-state index in [-0.39, 0.29) is 24.3 Å². The number of amides is 3. The molecule has 0 aliphatic heterocycles. The van der Waals surface area contributed by atoms with E-state index < -0.39 is 23.8 Å². The lowest BCUT2D eigenvalue weighted by Gasteiger charge is -2.35. The standard InChI is InChI=1S/C35H53N3O4/c1-8-10-11-12-13-17-24-38(31(32(39)36-26(3)4)29-22-20-27(9-2)21-23-29)33(40)30(25-28-18-15-14-16-19-28)37-34(41)42-35(5,6)7/h14-16,18-23,26,30-31H,8-13,17,24-25H2,1-7H3,(H,36,39)(H,37,41). The molecule has 0 fully saturated rings. The van der Waals surface area contributed by atoms with Gasteiger partial charge in [0, 0.05) is 19.0 Å². The summed E-state index contributed by atoms with van der Waals surface area (Å²) >= 11 is 0. The Labute approximate surface area is 253 Å². The molecule has 2 atom stereocenters. The Morgan fingerprint density at radius 1 is 0.810 bits per heavy atom. The minimum atomic E-state index is -0.911. The second-order valence-corrected chi connectivity index (χ2v) is 12.3. The first kappa shape index (κ1) is 34.8. The number of nitrogens with zero attached hydrogens (tertiary/aromatic N) is 1. The first-order chi connectivity index (χ1) is 19.9. The van der Waals surface area contributed by atoms with E-state index in [9.17, 15) is 14.4 Å². The van der Waals surface area contributed by atoms with Crippen LogP contribution in [0.15, 0.2) is 54.6 Å². The summed E-state index contributed by atoms with van der Waals surface area (Å²) in [5, 5.41) is 5.88. The van der Waals surface area contributed by atoms with E-state index in [0.717, 1.165) is 55.2 Å². The van der Waals surface area contributed by atoms with Crippen molar-refractivity contribution in [2.45, 2.75) is 124 Å². The molecule has 0 radical (unpaired) electrons. The highest BCUT2D eigenvalue weighted by Gasteiger charge is 2.36. The molecule has 0 saturated heterocycles. The molecule has 7 heteroatoms. The summed E-state index contributed by atoms with van der Waals surface area (Å²) in [7, 11) is 0. The van der Waals surface area contributed by atoms with Gasteiger partial charge in [0.2, 0.25) is 11.8 Å². The number of aryl methyl sites for hydroxylation is 1. The van der Waals surface area contributed by atoms with Crippen LogP contribution >= 0.6 is 0 Å². The molecule has 0 saturated carbocycles. The lowest BCUT2D eigenvalue weighted by molar-refractivity contribution is -0.142. The molecule has 0 aliphatic carbocycles. The topological polar surface area (TPSA) is 87.7 Å². The average Bonchev–Trinajstić information content (AvgIpc) is 2.93. The van der Waals surface area contributed by atoms with Gasteiger partial charge in [0.05, 0.1) is 0 Å². The van der Waals surface area contributed by atoms with Crippen LogP contribution in [0.5, 0.6) is 0 Å². The molecular weight excluding hydrogens is 526 g/mol. The van der Waals surface area contributed by atoms with Crippen LogP contribution in [0.2, 0.25) is 0 Å². The number of hydrogen-bond acceptors (Lipinski definition) is 4. The zero-order valence-corrected chi connectivity index (χ0v) is 26.9. The summed E-state index contributed by atoms with van der Waals surface area (Å²) in [4.78, 5) is 42.9. The number of benzene rings is 2. The van der Waals surface area contributed by atoms with Gasteiger partial charge in [0.1, 0.15) is 17.7 Å². The van der Waals surface area contributed by atoms with Crippen molar-refractivity contribution in [1.82, 2.24) is 15.5 Å². The minimum Gasteiger partial charge on any atom is -0.444 e. The maximum Gasteiger partial charge on any atom is 0.408 e. The van der Waals surface area contributed by atoms with E-state index in [1.807, 2.05) is 68.4 Å². The SMILES string of the molecule is CCCCCCCCN(C(=O)C(Cc1ccccc1)NC(=O)OC(C)(C)C)C(C(=O)NC(C)C)c1ccc(CC)cc1. The molecule has 3 amide bonds. The molecule has 42 heavy (non-hydrogen) atoms. The smallest absolute Gasteiger partial charge is 0.408 e. The third-order valence-electron chi connectivity index (χ3n) is 7.00. The Hall–Kier alpha value is -3.35. The summed E-state index contributed by atoms with van der Waals surface area (Å²) < 4.78 is 5.54. The number of carbonyl (C=O) groups is 3. The van der Waals surface area contributed by atoms with Gasteiger partial charge in [-0.25, -0.2) is 4.79 Å². The van der Waals surface area contributed by atoms with Gasteiger partial charge in [-0.2, -0.15) is 0 Å². The van der Waals surface area contributed by atoms with Gasteiger partial charge in [0.25, 0.3) is 0 Å². The Morgan fingerprint density at radius 3 is 2.00 bits per heavy atom. The van der Waals surface area contributed by atoms with Gasteiger partial charge in [-0.3, -0.25) is 9.59 Å². The molecule has 2 aromatic rings. The molecule has 0 spiro atoms. The van der Waals surface area contributed by atoms with Crippen LogP contribution in [0.4, 0.5) is 4.79 Å². The fourth-order valence-corrected chi connectivity index (χ4v) is 4.90. The number of unbranched alkanes of at least 4 members (excludes halogenated alkanes) is 5. The zero-order chi connectivity index (χ0) is 31.1. The first-order valence-electron chi connectivity index (χ1n) is 15.7. The maximum atomic E-state index is 14.5. The van der Waals surface area contributed by atoms with Crippen LogP contribution in [0.3, 0.4) is 0 Å². The van der Waals surface area contributed by atoms with E-state index in [2.05, 4.69) is 24.5 Å². The lowest BCUT2D eigenvalue weighted by Crippen LogP contribution is -2.54. The molecule has 232 valence electrons. The van der Waals surface area contributed by atoms with Crippen molar-refractivity contribution in [3.8, 4) is 0 Å². The van der Waals surface area contributed by atoms with Crippen LogP contribution in [-0.2, 0) is 27.2 Å². The molecule has 0 aliphatic rings. The fourth-order valence-electron chi connectivity index (χ4n) is 4.90. The molecule has 2 unspecified atom stereocenters. The van der Waals surface area contributed by atoms with E-state index in [1.54, 1.807) is 25.7 Å².